The predicted octanol–water partition coefficient (Wildman–Crippen LogP) is 4.43. The molecule has 2 unspecified atom stereocenters. The van der Waals surface area contributed by atoms with E-state index in [0.717, 1.165) is 19.5 Å². The van der Waals surface area contributed by atoms with Crippen molar-refractivity contribution in [3.05, 3.63) is 64.2 Å². The van der Waals surface area contributed by atoms with E-state index in [1.54, 1.807) is 37.3 Å². The molecule has 5 nitrogen and oxygen atoms in total. The van der Waals surface area contributed by atoms with Gasteiger partial charge < -0.3 is 4.90 Å². The molecule has 1 aromatic heterocycles. The lowest BCUT2D eigenvalue weighted by atomic mass is 9.92. The third-order valence-electron chi connectivity index (χ3n) is 5.70. The predicted molar refractivity (Wildman–Crippen MR) is 122 cm³/mol. The van der Waals surface area contributed by atoms with Crippen molar-refractivity contribution >= 4 is 28.6 Å². The van der Waals surface area contributed by atoms with Gasteiger partial charge in [0.25, 0.3) is 5.56 Å². The van der Waals surface area contributed by atoms with Gasteiger partial charge >= 0.3 is 0 Å². The molecule has 3 aromatic rings. The Morgan fingerprint density at radius 1 is 1.16 bits per heavy atom. The summed E-state index contributed by atoms with van der Waals surface area (Å²) in [6.45, 7) is 7.51. The van der Waals surface area contributed by atoms with Crippen LogP contribution in [0.25, 0.3) is 16.6 Å². The zero-order chi connectivity index (χ0) is 22.1. The molecule has 0 N–H and O–H groups in total. The number of benzene rings is 2. The van der Waals surface area contributed by atoms with Gasteiger partial charge in [0.1, 0.15) is 5.82 Å². The molecule has 0 bridgehead atoms. The summed E-state index contributed by atoms with van der Waals surface area (Å²) in [7, 11) is 0. The minimum atomic E-state index is -0.388. The molecule has 1 saturated heterocycles. The van der Waals surface area contributed by atoms with E-state index in [2.05, 4.69) is 18.8 Å². The van der Waals surface area contributed by atoms with Crippen molar-refractivity contribution in [2.75, 3.05) is 18.8 Å². The number of likely N-dealkylation sites (tertiary alicyclic amines) is 1. The van der Waals surface area contributed by atoms with Gasteiger partial charge in [0, 0.05) is 13.1 Å². The molecule has 0 saturated carbocycles. The number of thioether (sulfide) groups is 1. The van der Waals surface area contributed by atoms with E-state index in [9.17, 15) is 14.0 Å². The summed E-state index contributed by atoms with van der Waals surface area (Å²) in [5.41, 5.74) is 1.19. The van der Waals surface area contributed by atoms with Gasteiger partial charge in [0.2, 0.25) is 5.91 Å². The van der Waals surface area contributed by atoms with Crippen molar-refractivity contribution in [1.82, 2.24) is 14.5 Å². The van der Waals surface area contributed by atoms with Crippen LogP contribution in [0.2, 0.25) is 0 Å². The monoisotopic (exact) mass is 439 g/mol. The van der Waals surface area contributed by atoms with Crippen molar-refractivity contribution in [1.29, 1.82) is 0 Å². The van der Waals surface area contributed by atoms with Crippen LogP contribution in [0.15, 0.2) is 52.4 Å². The molecule has 1 fully saturated rings. The molecule has 31 heavy (non-hydrogen) atoms. The number of halogens is 1. The van der Waals surface area contributed by atoms with Crippen LogP contribution in [0.4, 0.5) is 4.39 Å². The molecule has 7 heteroatoms. The SMILES string of the molecule is Cc1ccc(-n2c(SCC(=O)N3CC(C)CC(C)C3)nc3ccccc3c2=O)cc1F. The minimum absolute atomic E-state index is 0.0347. The van der Waals surface area contributed by atoms with Gasteiger partial charge in [-0.15, -0.1) is 0 Å². The van der Waals surface area contributed by atoms with Gasteiger partial charge in [-0.25, -0.2) is 9.37 Å². The fraction of sp³-hybridized carbons (Fsp3) is 0.375. The van der Waals surface area contributed by atoms with Crippen LogP contribution >= 0.6 is 11.8 Å². The Hall–Kier alpha value is -2.67. The number of carbonyl (C=O) groups is 1. The van der Waals surface area contributed by atoms with Crippen LogP contribution in [0.3, 0.4) is 0 Å². The quantitative estimate of drug-likeness (QED) is 0.446. The molecule has 2 atom stereocenters. The number of para-hydroxylation sites is 1. The molecule has 1 amide bonds. The number of hydrogen-bond donors (Lipinski definition) is 0. The first-order chi connectivity index (χ1) is 14.8. The van der Waals surface area contributed by atoms with E-state index in [0.29, 0.717) is 39.1 Å². The minimum Gasteiger partial charge on any atom is -0.341 e. The number of aryl methyl sites for hydroxylation is 1. The molecule has 2 heterocycles. The van der Waals surface area contributed by atoms with E-state index in [1.165, 1.54) is 22.4 Å². The Balaban J connectivity index is 1.70. The molecular formula is C24H26FN3O2S. The van der Waals surface area contributed by atoms with Crippen LogP contribution in [-0.2, 0) is 4.79 Å². The second kappa shape index (κ2) is 8.83. The summed E-state index contributed by atoms with van der Waals surface area (Å²) in [6.07, 6.45) is 1.13. The second-order valence-electron chi connectivity index (χ2n) is 8.52. The Morgan fingerprint density at radius 2 is 1.87 bits per heavy atom. The average Bonchev–Trinajstić information content (AvgIpc) is 2.73. The maximum atomic E-state index is 14.3. The molecule has 162 valence electrons. The van der Waals surface area contributed by atoms with Crippen molar-refractivity contribution in [2.24, 2.45) is 11.8 Å². The summed E-state index contributed by atoms with van der Waals surface area (Å²) in [5.74, 6) is 0.780. The standard InChI is InChI=1S/C24H26FN3O2S/c1-15-10-16(2)13-27(12-15)22(29)14-31-24-26-21-7-5-4-6-19(21)23(30)28(24)18-9-8-17(3)20(25)11-18/h4-9,11,15-16H,10,12-14H2,1-3H3. The first-order valence-corrected chi connectivity index (χ1v) is 11.5. The molecule has 0 spiro atoms. The molecule has 2 aromatic carbocycles. The van der Waals surface area contributed by atoms with Gasteiger partial charge in [0.15, 0.2) is 5.16 Å². The molecule has 4 rings (SSSR count). The summed E-state index contributed by atoms with van der Waals surface area (Å²) in [6, 6.07) is 11.8. The molecule has 1 aliphatic heterocycles. The van der Waals surface area contributed by atoms with Gasteiger partial charge in [0.05, 0.1) is 22.3 Å². The molecule has 1 aliphatic rings. The number of fused-ring (bicyclic) bond motifs is 1. The van der Waals surface area contributed by atoms with Gasteiger partial charge in [-0.2, -0.15) is 0 Å². The first-order valence-electron chi connectivity index (χ1n) is 10.5. The van der Waals surface area contributed by atoms with Crippen LogP contribution in [0, 0.1) is 24.6 Å². The summed E-state index contributed by atoms with van der Waals surface area (Å²) in [5, 5.41) is 0.844. The smallest absolute Gasteiger partial charge is 0.266 e. The molecule has 0 aliphatic carbocycles. The van der Waals surface area contributed by atoms with E-state index < -0.39 is 0 Å². The van der Waals surface area contributed by atoms with Crippen molar-refractivity contribution in [3.63, 3.8) is 0 Å². The highest BCUT2D eigenvalue weighted by molar-refractivity contribution is 7.99. The van der Waals surface area contributed by atoms with Crippen LogP contribution in [0.1, 0.15) is 25.8 Å². The topological polar surface area (TPSA) is 55.2 Å². The van der Waals surface area contributed by atoms with Crippen LogP contribution in [0.5, 0.6) is 0 Å². The number of carbonyl (C=O) groups excluding carboxylic acids is 1. The highest BCUT2D eigenvalue weighted by Gasteiger charge is 2.26. The van der Waals surface area contributed by atoms with Gasteiger partial charge in [-0.1, -0.05) is 43.8 Å². The second-order valence-corrected chi connectivity index (χ2v) is 9.46. The van der Waals surface area contributed by atoms with E-state index in [4.69, 9.17) is 0 Å². The third-order valence-corrected chi connectivity index (χ3v) is 6.63. The lowest BCUT2D eigenvalue weighted by Crippen LogP contribution is -2.43. The lowest BCUT2D eigenvalue weighted by molar-refractivity contribution is -0.130. The zero-order valence-electron chi connectivity index (χ0n) is 18.0. The van der Waals surface area contributed by atoms with Crippen molar-refractivity contribution < 1.29 is 9.18 Å². The fourth-order valence-electron chi connectivity index (χ4n) is 4.24. The zero-order valence-corrected chi connectivity index (χ0v) is 18.8. The van der Waals surface area contributed by atoms with Crippen LogP contribution < -0.4 is 5.56 Å². The number of hydrogen-bond acceptors (Lipinski definition) is 4. The first kappa shape index (κ1) is 21.6. The molecule has 0 radical (unpaired) electrons. The maximum Gasteiger partial charge on any atom is 0.266 e. The fourth-order valence-corrected chi connectivity index (χ4v) is 5.16. The number of piperidine rings is 1. The Morgan fingerprint density at radius 3 is 2.58 bits per heavy atom. The largest absolute Gasteiger partial charge is 0.341 e. The average molecular weight is 440 g/mol. The Kier molecular flexibility index (Phi) is 6.14. The van der Waals surface area contributed by atoms with Crippen LogP contribution in [-0.4, -0.2) is 39.2 Å². The number of amides is 1. The summed E-state index contributed by atoms with van der Waals surface area (Å²) in [4.78, 5) is 32.7. The van der Waals surface area contributed by atoms with Gasteiger partial charge in [-0.05, 0) is 55.0 Å². The highest BCUT2D eigenvalue weighted by Crippen LogP contribution is 2.25. The highest BCUT2D eigenvalue weighted by atomic mass is 32.2. The van der Waals surface area contributed by atoms with Gasteiger partial charge in [-0.3, -0.25) is 14.2 Å². The Labute approximate surface area is 185 Å². The van der Waals surface area contributed by atoms with E-state index in [-0.39, 0.29) is 23.0 Å². The normalized spacial score (nSPS) is 19.0. The third kappa shape index (κ3) is 4.51. The van der Waals surface area contributed by atoms with E-state index >= 15 is 0 Å². The maximum absolute atomic E-state index is 14.3. The number of nitrogens with zero attached hydrogens (tertiary/aromatic N) is 3. The summed E-state index contributed by atoms with van der Waals surface area (Å²) < 4.78 is 15.7. The lowest BCUT2D eigenvalue weighted by Gasteiger charge is -2.35. The van der Waals surface area contributed by atoms with E-state index in [1.807, 2.05) is 11.0 Å². The number of aromatic nitrogens is 2. The summed E-state index contributed by atoms with van der Waals surface area (Å²) >= 11 is 1.22. The van der Waals surface area contributed by atoms with Crippen molar-refractivity contribution in [3.8, 4) is 5.69 Å². The Bertz CT molecular complexity index is 1180. The van der Waals surface area contributed by atoms with Crippen molar-refractivity contribution in [2.45, 2.75) is 32.3 Å². The molecular weight excluding hydrogens is 413 g/mol. The number of rotatable bonds is 4.